The summed E-state index contributed by atoms with van der Waals surface area (Å²) in [5, 5.41) is 2.78. The fourth-order valence-corrected chi connectivity index (χ4v) is 3.73. The van der Waals surface area contributed by atoms with Crippen molar-refractivity contribution in [2.45, 2.75) is 38.5 Å². The number of carbonyl (C=O) groups excluding carboxylic acids is 1. The lowest BCUT2D eigenvalue weighted by Gasteiger charge is -2.11. The summed E-state index contributed by atoms with van der Waals surface area (Å²) < 4.78 is 1.47. The highest BCUT2D eigenvalue weighted by atomic mass is 32.1. The molecule has 5 nitrogen and oxygen atoms in total. The van der Waals surface area contributed by atoms with Crippen LogP contribution in [0.4, 0.5) is 5.69 Å². The Balaban J connectivity index is 1.89. The molecule has 1 N–H and O–H groups in total. The molecule has 2 aromatic heterocycles. The zero-order valence-corrected chi connectivity index (χ0v) is 13.6. The number of nitrogens with zero attached hydrogens (tertiary/aromatic N) is 2. The van der Waals surface area contributed by atoms with E-state index in [0.29, 0.717) is 16.5 Å². The summed E-state index contributed by atoms with van der Waals surface area (Å²) in [6, 6.07) is 1.82. The average molecular weight is 317 g/mol. The number of thiazole rings is 1. The second-order valence-electron chi connectivity index (χ2n) is 5.79. The van der Waals surface area contributed by atoms with Crippen LogP contribution < -0.4 is 10.9 Å². The van der Waals surface area contributed by atoms with Crippen LogP contribution in [-0.2, 0) is 7.05 Å². The second kappa shape index (κ2) is 6.04. The Morgan fingerprint density at radius 3 is 2.86 bits per heavy atom. The van der Waals surface area contributed by atoms with Crippen molar-refractivity contribution in [3.63, 3.8) is 0 Å². The molecular formula is C16H19N3O2S. The quantitative estimate of drug-likeness (QED) is 0.946. The zero-order chi connectivity index (χ0) is 15.7. The molecule has 3 rings (SSSR count). The molecule has 1 amide bonds. The number of aromatic nitrogens is 2. The molecule has 6 heteroatoms. The molecule has 0 aromatic carbocycles. The van der Waals surface area contributed by atoms with Gasteiger partial charge < -0.3 is 9.88 Å². The maximum absolute atomic E-state index is 12.6. The first kappa shape index (κ1) is 15.0. The smallest absolute Gasteiger partial charge is 0.274 e. The molecule has 0 spiro atoms. The molecule has 1 aliphatic rings. The highest BCUT2D eigenvalue weighted by molar-refractivity contribution is 7.12. The number of hydrogen-bond acceptors (Lipinski definition) is 4. The molecule has 1 fully saturated rings. The van der Waals surface area contributed by atoms with E-state index in [0.717, 1.165) is 24.1 Å². The summed E-state index contributed by atoms with van der Waals surface area (Å²) in [7, 11) is 1.67. The van der Waals surface area contributed by atoms with Crippen LogP contribution >= 0.6 is 11.3 Å². The van der Waals surface area contributed by atoms with Gasteiger partial charge >= 0.3 is 0 Å². The van der Waals surface area contributed by atoms with Crippen LogP contribution in [0.1, 0.15) is 52.5 Å². The van der Waals surface area contributed by atoms with Crippen molar-refractivity contribution in [2.75, 3.05) is 5.32 Å². The first-order valence-electron chi connectivity index (χ1n) is 7.49. The monoisotopic (exact) mass is 317 g/mol. The summed E-state index contributed by atoms with van der Waals surface area (Å²) in [6.07, 6.45) is 6.28. The first-order chi connectivity index (χ1) is 10.6. The largest absolute Gasteiger partial charge is 0.317 e. The highest BCUT2D eigenvalue weighted by Gasteiger charge is 2.25. The van der Waals surface area contributed by atoms with Gasteiger partial charge in [-0.25, -0.2) is 4.98 Å². The van der Waals surface area contributed by atoms with Crippen LogP contribution in [0.25, 0.3) is 0 Å². The van der Waals surface area contributed by atoms with Crippen LogP contribution in [0.5, 0.6) is 0 Å². The van der Waals surface area contributed by atoms with Crippen LogP contribution in [0, 0.1) is 6.92 Å². The molecule has 2 aromatic rings. The third-order valence-electron chi connectivity index (χ3n) is 4.26. The molecular weight excluding hydrogens is 298 g/mol. The average Bonchev–Trinajstić information content (AvgIpc) is 3.17. The van der Waals surface area contributed by atoms with Crippen molar-refractivity contribution < 1.29 is 4.79 Å². The number of hydrogen-bond donors (Lipinski definition) is 1. The lowest BCUT2D eigenvalue weighted by atomic mass is 10.0. The molecule has 0 atom stereocenters. The van der Waals surface area contributed by atoms with Crippen molar-refractivity contribution in [1.29, 1.82) is 0 Å². The third-order valence-corrected chi connectivity index (χ3v) is 5.10. The molecule has 1 aliphatic carbocycles. The number of nitrogens with one attached hydrogen (secondary N) is 1. The molecule has 0 saturated heterocycles. The summed E-state index contributed by atoms with van der Waals surface area (Å²) in [4.78, 5) is 29.8. The third kappa shape index (κ3) is 2.70. The maximum atomic E-state index is 12.6. The number of carbonyl (C=O) groups is 1. The van der Waals surface area contributed by atoms with Gasteiger partial charge in [0.1, 0.15) is 10.6 Å². The Kier molecular flexibility index (Phi) is 4.11. The molecule has 22 heavy (non-hydrogen) atoms. The van der Waals surface area contributed by atoms with Crippen molar-refractivity contribution >= 4 is 22.9 Å². The van der Waals surface area contributed by atoms with E-state index in [4.69, 9.17) is 0 Å². The Labute approximate surface area is 133 Å². The summed E-state index contributed by atoms with van der Waals surface area (Å²) >= 11 is 1.35. The topological polar surface area (TPSA) is 64.0 Å². The van der Waals surface area contributed by atoms with Crippen LogP contribution in [0.2, 0.25) is 0 Å². The van der Waals surface area contributed by atoms with Crippen LogP contribution in [-0.4, -0.2) is 15.5 Å². The van der Waals surface area contributed by atoms with Crippen LogP contribution in [0.3, 0.4) is 0 Å². The van der Waals surface area contributed by atoms with Gasteiger partial charge in [-0.05, 0) is 31.4 Å². The van der Waals surface area contributed by atoms with E-state index in [2.05, 4.69) is 10.3 Å². The Morgan fingerprint density at radius 1 is 1.41 bits per heavy atom. The molecule has 2 heterocycles. The fourth-order valence-electron chi connectivity index (χ4n) is 2.96. The summed E-state index contributed by atoms with van der Waals surface area (Å²) in [5.74, 6) is 0.155. The lowest BCUT2D eigenvalue weighted by molar-refractivity contribution is 0.102. The van der Waals surface area contributed by atoms with E-state index < -0.39 is 0 Å². The van der Waals surface area contributed by atoms with Gasteiger partial charge in [0.15, 0.2) is 0 Å². The predicted octanol–water partition coefficient (Wildman–Crippen LogP) is 3.06. The van der Waals surface area contributed by atoms with Gasteiger partial charge in [0, 0.05) is 19.2 Å². The molecule has 1 saturated carbocycles. The lowest BCUT2D eigenvalue weighted by Crippen LogP contribution is -2.25. The molecule has 116 valence electrons. The maximum Gasteiger partial charge on any atom is 0.274 e. The van der Waals surface area contributed by atoms with Gasteiger partial charge in [-0.3, -0.25) is 9.59 Å². The normalized spacial score (nSPS) is 15.2. The van der Waals surface area contributed by atoms with Gasteiger partial charge in [0.05, 0.1) is 11.2 Å². The number of pyridine rings is 1. The minimum atomic E-state index is -0.226. The van der Waals surface area contributed by atoms with Crippen molar-refractivity contribution in [1.82, 2.24) is 9.55 Å². The summed E-state index contributed by atoms with van der Waals surface area (Å²) in [6.45, 7) is 1.82. The van der Waals surface area contributed by atoms with E-state index >= 15 is 0 Å². The standard InChI is InChI=1S/C16H19N3O2S/c1-10-7-8-19(2)16(21)12(10)18-15(20)14-13(17-9-22-14)11-5-3-4-6-11/h7-9,11H,3-6H2,1-2H3,(H,18,20). The minimum absolute atomic E-state index is 0.194. The SMILES string of the molecule is Cc1ccn(C)c(=O)c1NC(=O)c1scnc1C1CCCC1. The van der Waals surface area contributed by atoms with E-state index in [1.54, 1.807) is 18.8 Å². The number of amides is 1. The Bertz CT molecular complexity index is 757. The molecule has 0 radical (unpaired) electrons. The van der Waals surface area contributed by atoms with E-state index in [9.17, 15) is 9.59 Å². The Hall–Kier alpha value is -1.95. The first-order valence-corrected chi connectivity index (χ1v) is 8.37. The van der Waals surface area contributed by atoms with Gasteiger partial charge in [-0.2, -0.15) is 0 Å². The van der Waals surface area contributed by atoms with Crippen molar-refractivity contribution in [2.24, 2.45) is 7.05 Å². The highest BCUT2D eigenvalue weighted by Crippen LogP contribution is 2.36. The summed E-state index contributed by atoms with van der Waals surface area (Å²) in [5.41, 5.74) is 3.54. The minimum Gasteiger partial charge on any atom is -0.317 e. The number of rotatable bonds is 3. The predicted molar refractivity (Wildman–Crippen MR) is 87.7 cm³/mol. The van der Waals surface area contributed by atoms with Crippen molar-refractivity contribution in [3.05, 3.63) is 44.3 Å². The van der Waals surface area contributed by atoms with Gasteiger partial charge in [0.25, 0.3) is 11.5 Å². The molecule has 0 bridgehead atoms. The number of aryl methyl sites for hydroxylation is 2. The van der Waals surface area contributed by atoms with Crippen molar-refractivity contribution in [3.8, 4) is 0 Å². The van der Waals surface area contributed by atoms with Gasteiger partial charge in [-0.1, -0.05) is 12.8 Å². The van der Waals surface area contributed by atoms with E-state index in [-0.39, 0.29) is 11.5 Å². The van der Waals surface area contributed by atoms with Gasteiger partial charge in [0.2, 0.25) is 0 Å². The molecule has 0 unspecified atom stereocenters. The van der Waals surface area contributed by atoms with E-state index in [1.165, 1.54) is 28.7 Å². The van der Waals surface area contributed by atoms with Gasteiger partial charge in [-0.15, -0.1) is 11.3 Å². The Morgan fingerprint density at radius 2 is 2.14 bits per heavy atom. The second-order valence-corrected chi connectivity index (χ2v) is 6.65. The fraction of sp³-hybridized carbons (Fsp3) is 0.438. The number of anilines is 1. The molecule has 0 aliphatic heterocycles. The van der Waals surface area contributed by atoms with Crippen LogP contribution in [0.15, 0.2) is 22.6 Å². The zero-order valence-electron chi connectivity index (χ0n) is 12.8. The van der Waals surface area contributed by atoms with E-state index in [1.807, 2.05) is 13.0 Å².